The lowest BCUT2D eigenvalue weighted by atomic mass is 10.2. The standard InChI is InChI=1S/C15H32N4O3.HI/c1-7-16-13(18-10-12-21-6)17-9-11-19(8-2)14(20)22-15(3,4)5;/h7-12H2,1-6H3,(H2,16,17,18);1H. The van der Waals surface area contributed by atoms with Crippen molar-refractivity contribution >= 4 is 36.0 Å². The van der Waals surface area contributed by atoms with Crippen LogP contribution in [0.5, 0.6) is 0 Å². The summed E-state index contributed by atoms with van der Waals surface area (Å²) in [6, 6.07) is 0. The van der Waals surface area contributed by atoms with E-state index in [9.17, 15) is 4.79 Å². The first-order chi connectivity index (χ1) is 10.3. The second-order valence-corrected chi connectivity index (χ2v) is 5.74. The molecule has 0 unspecified atom stereocenters. The van der Waals surface area contributed by atoms with Crippen molar-refractivity contribution in [1.82, 2.24) is 15.5 Å². The molecule has 2 N–H and O–H groups in total. The molecule has 0 aromatic rings. The Hall–Kier alpha value is -0.770. The summed E-state index contributed by atoms with van der Waals surface area (Å²) >= 11 is 0. The summed E-state index contributed by atoms with van der Waals surface area (Å²) in [5.74, 6) is 0.722. The van der Waals surface area contributed by atoms with E-state index in [1.807, 2.05) is 34.6 Å². The van der Waals surface area contributed by atoms with Crippen LogP contribution in [-0.4, -0.2) is 69.0 Å². The molecule has 0 bridgehead atoms. The van der Waals surface area contributed by atoms with Crippen LogP contribution in [0.3, 0.4) is 0 Å². The van der Waals surface area contributed by atoms with Crippen LogP contribution in [-0.2, 0) is 9.47 Å². The lowest BCUT2D eigenvalue weighted by molar-refractivity contribution is 0.0264. The maximum Gasteiger partial charge on any atom is 0.410 e. The van der Waals surface area contributed by atoms with Gasteiger partial charge in [-0.15, -0.1) is 24.0 Å². The molecule has 0 saturated carbocycles. The Morgan fingerprint density at radius 3 is 2.35 bits per heavy atom. The van der Waals surface area contributed by atoms with Gasteiger partial charge in [-0.3, -0.25) is 4.99 Å². The third kappa shape index (κ3) is 13.4. The molecule has 0 atom stereocenters. The Balaban J connectivity index is 0. The first-order valence-corrected chi connectivity index (χ1v) is 7.83. The Morgan fingerprint density at radius 1 is 1.22 bits per heavy atom. The molecular formula is C15H33IN4O3. The average Bonchev–Trinajstić information content (AvgIpc) is 2.41. The van der Waals surface area contributed by atoms with Gasteiger partial charge in [0.25, 0.3) is 0 Å². The van der Waals surface area contributed by atoms with E-state index in [1.165, 1.54) is 0 Å². The number of halogens is 1. The molecule has 0 heterocycles. The van der Waals surface area contributed by atoms with Gasteiger partial charge in [0.05, 0.1) is 13.2 Å². The molecule has 0 spiro atoms. The van der Waals surface area contributed by atoms with Crippen molar-refractivity contribution < 1.29 is 14.3 Å². The summed E-state index contributed by atoms with van der Waals surface area (Å²) in [5, 5.41) is 6.35. The number of likely N-dealkylation sites (N-methyl/N-ethyl adjacent to an activating group) is 1. The fourth-order valence-corrected chi connectivity index (χ4v) is 1.60. The molecule has 0 saturated heterocycles. The SMILES string of the molecule is CCNC(=NCCOC)NCCN(CC)C(=O)OC(C)(C)C.I. The van der Waals surface area contributed by atoms with Gasteiger partial charge in [0.15, 0.2) is 5.96 Å². The van der Waals surface area contributed by atoms with E-state index in [1.54, 1.807) is 12.0 Å². The first-order valence-electron chi connectivity index (χ1n) is 7.83. The quantitative estimate of drug-likeness (QED) is 0.260. The predicted octanol–water partition coefficient (Wildman–Crippen LogP) is 2.06. The Morgan fingerprint density at radius 2 is 1.87 bits per heavy atom. The second kappa shape index (κ2) is 13.6. The number of amides is 1. The van der Waals surface area contributed by atoms with Crippen molar-refractivity contribution in [3.05, 3.63) is 0 Å². The summed E-state index contributed by atoms with van der Waals surface area (Å²) in [5.41, 5.74) is -0.478. The summed E-state index contributed by atoms with van der Waals surface area (Å²) in [6.07, 6.45) is -0.293. The number of carbonyl (C=O) groups excluding carboxylic acids is 1. The monoisotopic (exact) mass is 444 g/mol. The van der Waals surface area contributed by atoms with Crippen LogP contribution in [0.15, 0.2) is 4.99 Å². The van der Waals surface area contributed by atoms with Crippen molar-refractivity contribution in [1.29, 1.82) is 0 Å². The van der Waals surface area contributed by atoms with E-state index in [0.29, 0.717) is 32.8 Å². The van der Waals surface area contributed by atoms with Crippen molar-refractivity contribution in [2.45, 2.75) is 40.2 Å². The van der Waals surface area contributed by atoms with Gasteiger partial charge in [0.1, 0.15) is 5.60 Å². The number of methoxy groups -OCH3 is 1. The molecular weight excluding hydrogens is 411 g/mol. The molecule has 0 fully saturated rings. The lowest BCUT2D eigenvalue weighted by Gasteiger charge is -2.26. The van der Waals surface area contributed by atoms with E-state index < -0.39 is 5.60 Å². The molecule has 8 heteroatoms. The van der Waals surface area contributed by atoms with E-state index in [2.05, 4.69) is 15.6 Å². The molecule has 0 aliphatic rings. The molecule has 0 radical (unpaired) electrons. The summed E-state index contributed by atoms with van der Waals surface area (Å²) in [4.78, 5) is 18.0. The van der Waals surface area contributed by atoms with Crippen molar-refractivity contribution in [2.24, 2.45) is 4.99 Å². The molecule has 0 aromatic carbocycles. The van der Waals surface area contributed by atoms with Gasteiger partial charge in [-0.25, -0.2) is 4.79 Å². The largest absolute Gasteiger partial charge is 0.444 e. The summed E-state index contributed by atoms with van der Waals surface area (Å²) in [7, 11) is 1.65. The van der Waals surface area contributed by atoms with Gasteiger partial charge in [-0.05, 0) is 34.6 Å². The third-order valence-corrected chi connectivity index (χ3v) is 2.62. The fourth-order valence-electron chi connectivity index (χ4n) is 1.60. The zero-order valence-corrected chi connectivity index (χ0v) is 17.6. The van der Waals surface area contributed by atoms with Crippen LogP contribution in [0.1, 0.15) is 34.6 Å². The molecule has 0 aromatic heterocycles. The van der Waals surface area contributed by atoms with Crippen molar-refractivity contribution in [2.75, 3.05) is 46.4 Å². The molecule has 23 heavy (non-hydrogen) atoms. The highest BCUT2D eigenvalue weighted by molar-refractivity contribution is 14.0. The third-order valence-electron chi connectivity index (χ3n) is 2.62. The highest BCUT2D eigenvalue weighted by atomic mass is 127. The molecule has 0 aliphatic heterocycles. The van der Waals surface area contributed by atoms with E-state index >= 15 is 0 Å². The molecule has 138 valence electrons. The van der Waals surface area contributed by atoms with E-state index in [4.69, 9.17) is 9.47 Å². The van der Waals surface area contributed by atoms with Crippen molar-refractivity contribution in [3.8, 4) is 0 Å². The number of ether oxygens (including phenoxy) is 2. The smallest absolute Gasteiger partial charge is 0.410 e. The average molecular weight is 444 g/mol. The summed E-state index contributed by atoms with van der Waals surface area (Å²) in [6.45, 7) is 13.2. The number of hydrogen-bond donors (Lipinski definition) is 2. The zero-order valence-electron chi connectivity index (χ0n) is 15.3. The number of aliphatic imine (C=N–C) groups is 1. The normalized spacial score (nSPS) is 11.5. The Bertz CT molecular complexity index is 346. The fraction of sp³-hybridized carbons (Fsp3) is 0.867. The highest BCUT2D eigenvalue weighted by Gasteiger charge is 2.20. The van der Waals surface area contributed by atoms with Crippen LogP contribution in [0, 0.1) is 0 Å². The minimum absolute atomic E-state index is 0. The minimum atomic E-state index is -0.478. The Labute approximate surface area is 157 Å². The topological polar surface area (TPSA) is 75.2 Å². The van der Waals surface area contributed by atoms with Crippen LogP contribution in [0.25, 0.3) is 0 Å². The lowest BCUT2D eigenvalue weighted by Crippen LogP contribution is -2.44. The maximum absolute atomic E-state index is 12.0. The number of guanidine groups is 1. The number of rotatable bonds is 8. The predicted molar refractivity (Wildman–Crippen MR) is 105 cm³/mol. The van der Waals surface area contributed by atoms with Gasteiger partial charge >= 0.3 is 6.09 Å². The van der Waals surface area contributed by atoms with Gasteiger partial charge in [-0.2, -0.15) is 0 Å². The van der Waals surface area contributed by atoms with Crippen LogP contribution < -0.4 is 10.6 Å². The van der Waals surface area contributed by atoms with Crippen LogP contribution in [0.2, 0.25) is 0 Å². The van der Waals surface area contributed by atoms with E-state index in [0.717, 1.165) is 12.5 Å². The number of nitrogens with zero attached hydrogens (tertiary/aromatic N) is 2. The van der Waals surface area contributed by atoms with E-state index in [-0.39, 0.29) is 30.1 Å². The van der Waals surface area contributed by atoms with Crippen molar-refractivity contribution in [3.63, 3.8) is 0 Å². The molecule has 1 amide bonds. The first kappa shape index (κ1) is 24.5. The van der Waals surface area contributed by atoms with Gasteiger partial charge < -0.3 is 25.0 Å². The molecule has 0 aliphatic carbocycles. The van der Waals surface area contributed by atoms with Gasteiger partial charge in [-0.1, -0.05) is 0 Å². The zero-order chi connectivity index (χ0) is 17.0. The summed E-state index contributed by atoms with van der Waals surface area (Å²) < 4.78 is 10.3. The minimum Gasteiger partial charge on any atom is -0.444 e. The highest BCUT2D eigenvalue weighted by Crippen LogP contribution is 2.09. The Kier molecular flexibility index (Phi) is 14.5. The second-order valence-electron chi connectivity index (χ2n) is 5.74. The maximum atomic E-state index is 12.0. The van der Waals surface area contributed by atoms with Gasteiger partial charge in [0.2, 0.25) is 0 Å². The molecule has 7 nitrogen and oxygen atoms in total. The number of hydrogen-bond acceptors (Lipinski definition) is 4. The van der Waals surface area contributed by atoms with Crippen LogP contribution >= 0.6 is 24.0 Å². The van der Waals surface area contributed by atoms with Gasteiger partial charge in [0, 0.05) is 33.3 Å². The van der Waals surface area contributed by atoms with Crippen LogP contribution in [0.4, 0.5) is 4.79 Å². The molecule has 0 rings (SSSR count). The number of carbonyl (C=O) groups is 1. The number of nitrogens with one attached hydrogen (secondary N) is 2.